The van der Waals surface area contributed by atoms with E-state index < -0.39 is 48.6 Å². The predicted molar refractivity (Wildman–Crippen MR) is 97.0 cm³/mol. The van der Waals surface area contributed by atoms with Crippen LogP contribution in [0.1, 0.15) is 12.0 Å². The molecule has 0 radical (unpaired) electrons. The van der Waals surface area contributed by atoms with Crippen LogP contribution in [0.2, 0.25) is 0 Å². The number of aromatic amines is 1. The summed E-state index contributed by atoms with van der Waals surface area (Å²) in [6, 6.07) is 4.39. The van der Waals surface area contributed by atoms with Crippen molar-refractivity contribution in [1.29, 1.82) is 0 Å². The number of carbonyl (C=O) groups excluding carboxylic acids is 1. The van der Waals surface area contributed by atoms with Crippen LogP contribution in [-0.2, 0) is 11.2 Å². The van der Waals surface area contributed by atoms with E-state index in [0.717, 1.165) is 24.3 Å². The lowest BCUT2D eigenvalue weighted by atomic mass is 10.0. The second-order valence-corrected chi connectivity index (χ2v) is 6.61. The van der Waals surface area contributed by atoms with Gasteiger partial charge in [-0.05, 0) is 53.9 Å². The van der Waals surface area contributed by atoms with Crippen molar-refractivity contribution in [3.8, 4) is 11.3 Å². The summed E-state index contributed by atoms with van der Waals surface area (Å²) in [7, 11) is 0. The Bertz CT molecular complexity index is 1060. The van der Waals surface area contributed by atoms with Gasteiger partial charge in [-0.15, -0.1) is 0 Å². The number of aromatic nitrogens is 1. The van der Waals surface area contributed by atoms with E-state index >= 15 is 0 Å². The highest BCUT2D eigenvalue weighted by Crippen LogP contribution is 2.34. The molecular weight excluding hydrogens is 414 g/mol. The number of halogens is 6. The van der Waals surface area contributed by atoms with Crippen LogP contribution in [0, 0.1) is 17.5 Å². The molecular formula is C20H16F6N2O2. The van der Waals surface area contributed by atoms with Crippen molar-refractivity contribution in [2.45, 2.75) is 25.1 Å². The molecule has 10 heteroatoms. The molecule has 1 aromatic heterocycles. The summed E-state index contributed by atoms with van der Waals surface area (Å²) in [6.45, 7) is -1.33. The molecule has 3 aromatic rings. The van der Waals surface area contributed by atoms with Crippen molar-refractivity contribution in [3.05, 3.63) is 59.4 Å². The van der Waals surface area contributed by atoms with Crippen molar-refractivity contribution in [3.63, 3.8) is 0 Å². The minimum atomic E-state index is -4.83. The zero-order valence-electron chi connectivity index (χ0n) is 15.3. The van der Waals surface area contributed by atoms with Crippen molar-refractivity contribution in [2.24, 2.45) is 0 Å². The minimum absolute atomic E-state index is 0.142. The minimum Gasteiger partial charge on any atom is -0.394 e. The largest absolute Gasteiger partial charge is 0.410 e. The lowest BCUT2D eigenvalue weighted by Gasteiger charge is -2.19. The van der Waals surface area contributed by atoms with Crippen LogP contribution in [0.15, 0.2) is 36.4 Å². The van der Waals surface area contributed by atoms with Gasteiger partial charge in [0.2, 0.25) is 5.91 Å². The number of aliphatic hydroxyl groups is 1. The van der Waals surface area contributed by atoms with Gasteiger partial charge in [0.1, 0.15) is 23.5 Å². The molecule has 0 bridgehead atoms. The van der Waals surface area contributed by atoms with Gasteiger partial charge in [-0.1, -0.05) is 0 Å². The molecule has 30 heavy (non-hydrogen) atoms. The molecule has 3 N–H and O–H groups in total. The average Bonchev–Trinajstić information content (AvgIpc) is 3.08. The lowest BCUT2D eigenvalue weighted by molar-refractivity contribution is -0.168. The van der Waals surface area contributed by atoms with Gasteiger partial charge in [-0.25, -0.2) is 13.2 Å². The second kappa shape index (κ2) is 8.39. The van der Waals surface area contributed by atoms with E-state index in [-0.39, 0.29) is 28.6 Å². The second-order valence-electron chi connectivity index (χ2n) is 6.61. The van der Waals surface area contributed by atoms with Gasteiger partial charge in [0.15, 0.2) is 0 Å². The first kappa shape index (κ1) is 21.7. The van der Waals surface area contributed by atoms with E-state index in [2.05, 4.69) is 4.98 Å². The number of alkyl halides is 3. The van der Waals surface area contributed by atoms with Crippen LogP contribution in [0.3, 0.4) is 0 Å². The summed E-state index contributed by atoms with van der Waals surface area (Å²) in [6.07, 6.45) is -5.54. The Balaban J connectivity index is 1.96. The normalized spacial score (nSPS) is 12.9. The molecule has 4 nitrogen and oxygen atoms in total. The molecule has 0 aliphatic carbocycles. The van der Waals surface area contributed by atoms with Gasteiger partial charge in [0.25, 0.3) is 0 Å². The third-order valence-electron chi connectivity index (χ3n) is 4.61. The third-order valence-corrected chi connectivity index (χ3v) is 4.61. The summed E-state index contributed by atoms with van der Waals surface area (Å²) >= 11 is 0. The van der Waals surface area contributed by atoms with Gasteiger partial charge in [0.05, 0.1) is 12.1 Å². The molecule has 0 saturated heterocycles. The first-order valence-electron chi connectivity index (χ1n) is 8.83. The molecule has 0 saturated carbocycles. The van der Waals surface area contributed by atoms with Gasteiger partial charge in [-0.3, -0.25) is 4.79 Å². The SMILES string of the molecule is O=C(CCc1c(-c2ccc(F)cc2)[nH]c2c(F)ccc(F)c12)N[C@@H](CO)C(F)(F)F. The smallest absolute Gasteiger partial charge is 0.394 e. The molecule has 2 aromatic carbocycles. The van der Waals surface area contributed by atoms with Gasteiger partial charge in [0, 0.05) is 17.5 Å². The predicted octanol–water partition coefficient (Wildman–Crippen LogP) is 4.22. The number of carbonyl (C=O) groups is 1. The molecule has 0 fully saturated rings. The highest BCUT2D eigenvalue weighted by atomic mass is 19.4. The molecule has 0 unspecified atom stereocenters. The number of aryl methyl sites for hydroxylation is 1. The van der Waals surface area contributed by atoms with Gasteiger partial charge >= 0.3 is 6.18 Å². The monoisotopic (exact) mass is 430 g/mol. The third kappa shape index (κ3) is 4.43. The Hall–Kier alpha value is -3.01. The van der Waals surface area contributed by atoms with E-state index in [4.69, 9.17) is 5.11 Å². The van der Waals surface area contributed by atoms with Crippen molar-refractivity contribution < 1.29 is 36.2 Å². The maximum Gasteiger partial charge on any atom is 0.410 e. The average molecular weight is 430 g/mol. The maximum absolute atomic E-state index is 14.4. The number of aliphatic hydroxyl groups excluding tert-OH is 1. The number of hydrogen-bond acceptors (Lipinski definition) is 2. The fraction of sp³-hybridized carbons (Fsp3) is 0.250. The summed E-state index contributed by atoms with van der Waals surface area (Å²) in [4.78, 5) is 14.7. The zero-order chi connectivity index (χ0) is 22.1. The molecule has 0 aliphatic heterocycles. The number of amides is 1. The first-order chi connectivity index (χ1) is 14.1. The Kier molecular flexibility index (Phi) is 6.06. The molecule has 1 atom stereocenters. The van der Waals surface area contributed by atoms with Crippen molar-refractivity contribution >= 4 is 16.8 Å². The number of benzene rings is 2. The number of hydrogen-bond donors (Lipinski definition) is 3. The molecule has 0 spiro atoms. The lowest BCUT2D eigenvalue weighted by Crippen LogP contribution is -2.47. The topological polar surface area (TPSA) is 65.1 Å². The molecule has 3 rings (SSSR count). The first-order valence-corrected chi connectivity index (χ1v) is 8.83. The van der Waals surface area contributed by atoms with Crippen LogP contribution in [0.5, 0.6) is 0 Å². The van der Waals surface area contributed by atoms with E-state index in [9.17, 15) is 31.1 Å². The van der Waals surface area contributed by atoms with Crippen LogP contribution >= 0.6 is 0 Å². The summed E-state index contributed by atoms with van der Waals surface area (Å²) < 4.78 is 80.0. The van der Waals surface area contributed by atoms with Crippen LogP contribution in [0.25, 0.3) is 22.2 Å². The summed E-state index contributed by atoms with van der Waals surface area (Å²) in [5, 5.41) is 10.4. The van der Waals surface area contributed by atoms with Crippen LogP contribution in [0.4, 0.5) is 26.3 Å². The molecule has 1 heterocycles. The fourth-order valence-corrected chi connectivity index (χ4v) is 3.14. The molecule has 1 amide bonds. The number of rotatable bonds is 6. The quantitative estimate of drug-likeness (QED) is 0.513. The van der Waals surface area contributed by atoms with Crippen molar-refractivity contribution in [2.75, 3.05) is 6.61 Å². The van der Waals surface area contributed by atoms with Crippen LogP contribution in [-0.4, -0.2) is 34.8 Å². The van der Waals surface area contributed by atoms with E-state index in [1.807, 2.05) is 0 Å². The van der Waals surface area contributed by atoms with E-state index in [1.165, 1.54) is 12.1 Å². The van der Waals surface area contributed by atoms with Gasteiger partial charge < -0.3 is 15.4 Å². The van der Waals surface area contributed by atoms with Crippen LogP contribution < -0.4 is 5.32 Å². The fourth-order valence-electron chi connectivity index (χ4n) is 3.14. The highest BCUT2D eigenvalue weighted by molar-refractivity contribution is 5.92. The Morgan fingerprint density at radius 2 is 1.67 bits per heavy atom. The maximum atomic E-state index is 14.4. The Morgan fingerprint density at radius 1 is 1.03 bits per heavy atom. The Morgan fingerprint density at radius 3 is 2.27 bits per heavy atom. The zero-order valence-corrected chi connectivity index (χ0v) is 15.3. The summed E-state index contributed by atoms with van der Waals surface area (Å²) in [5.74, 6) is -3.10. The van der Waals surface area contributed by atoms with Crippen molar-refractivity contribution in [1.82, 2.24) is 10.3 Å². The highest BCUT2D eigenvalue weighted by Gasteiger charge is 2.40. The van der Waals surface area contributed by atoms with E-state index in [1.54, 1.807) is 5.32 Å². The Labute approximate surface area is 166 Å². The summed E-state index contributed by atoms with van der Waals surface area (Å²) in [5.41, 5.74) is 0.589. The number of nitrogens with one attached hydrogen (secondary N) is 2. The van der Waals surface area contributed by atoms with E-state index in [0.29, 0.717) is 5.56 Å². The standard InChI is InChI=1S/C20H16F6N2O2/c21-11-3-1-10(2-4-11)18-12(17-13(22)6-7-14(23)19(17)28-18)5-8-16(30)27-15(9-29)20(24,25)26/h1-4,6-7,15,28-29H,5,8-9H2,(H,27,30)/t15-/m0/s1. The molecule has 160 valence electrons. The number of fused-ring (bicyclic) bond motifs is 1. The van der Waals surface area contributed by atoms with Gasteiger partial charge in [-0.2, -0.15) is 13.2 Å². The molecule has 0 aliphatic rings. The number of H-pyrrole nitrogens is 1.